The molecule has 1 heterocycles. The van der Waals surface area contributed by atoms with Gasteiger partial charge >= 0.3 is 7.12 Å². The van der Waals surface area contributed by atoms with E-state index in [-0.39, 0.29) is 11.4 Å². The van der Waals surface area contributed by atoms with Crippen molar-refractivity contribution in [3.05, 3.63) is 18.1 Å². The maximum atomic E-state index is 8.60. The molecule has 0 fully saturated rings. The SMILES string of the molecule is N#Cc1nccc(B(O)O)n1. The first-order valence-electron chi connectivity index (χ1n) is 2.83. The molecule has 0 aliphatic carbocycles. The van der Waals surface area contributed by atoms with Crippen molar-refractivity contribution < 1.29 is 10.0 Å². The van der Waals surface area contributed by atoms with Crippen LogP contribution >= 0.6 is 0 Å². The fraction of sp³-hybridized carbons (Fsp3) is 0. The molecule has 11 heavy (non-hydrogen) atoms. The van der Waals surface area contributed by atoms with Crippen LogP contribution in [0, 0.1) is 11.3 Å². The summed E-state index contributed by atoms with van der Waals surface area (Å²) >= 11 is 0. The number of nitriles is 1. The summed E-state index contributed by atoms with van der Waals surface area (Å²) in [5.74, 6) is -0.0735. The summed E-state index contributed by atoms with van der Waals surface area (Å²) in [5, 5.41) is 25.5. The molecule has 1 aromatic rings. The zero-order valence-electron chi connectivity index (χ0n) is 5.47. The Morgan fingerprint density at radius 2 is 2.27 bits per heavy atom. The number of aromatic nitrogens is 2. The Balaban J connectivity index is 3.03. The van der Waals surface area contributed by atoms with Gasteiger partial charge in [0, 0.05) is 6.20 Å². The van der Waals surface area contributed by atoms with E-state index >= 15 is 0 Å². The summed E-state index contributed by atoms with van der Waals surface area (Å²) in [7, 11) is -1.65. The zero-order chi connectivity index (χ0) is 8.27. The summed E-state index contributed by atoms with van der Waals surface area (Å²) in [5.41, 5.74) is 0.0246. The highest BCUT2D eigenvalue weighted by Crippen LogP contribution is 1.81. The highest BCUT2D eigenvalue weighted by atomic mass is 16.4. The first-order chi connectivity index (χ1) is 5.24. The molecule has 5 nitrogen and oxygen atoms in total. The minimum absolute atomic E-state index is 0.0246. The van der Waals surface area contributed by atoms with Crippen LogP contribution in [0.5, 0.6) is 0 Å². The summed E-state index contributed by atoms with van der Waals surface area (Å²) in [6.07, 6.45) is 1.29. The Bertz CT molecular complexity index is 296. The predicted molar refractivity (Wildman–Crippen MR) is 36.6 cm³/mol. The molecule has 0 unspecified atom stereocenters. The molecule has 6 heteroatoms. The lowest BCUT2D eigenvalue weighted by Gasteiger charge is -1.95. The largest absolute Gasteiger partial charge is 0.508 e. The van der Waals surface area contributed by atoms with Crippen LogP contribution in [0.25, 0.3) is 0 Å². The van der Waals surface area contributed by atoms with Crippen LogP contribution in [0.4, 0.5) is 0 Å². The Morgan fingerprint density at radius 1 is 1.55 bits per heavy atom. The van der Waals surface area contributed by atoms with Gasteiger partial charge in [-0.1, -0.05) is 0 Å². The van der Waals surface area contributed by atoms with Gasteiger partial charge in [0.15, 0.2) is 0 Å². The first-order valence-corrected chi connectivity index (χ1v) is 2.83. The van der Waals surface area contributed by atoms with Gasteiger partial charge in [0.25, 0.3) is 0 Å². The Labute approximate surface area is 63.1 Å². The molecule has 0 amide bonds. The average molecular weight is 149 g/mol. The molecule has 0 aliphatic heterocycles. The second-order valence-corrected chi connectivity index (χ2v) is 1.79. The number of hydrogen-bond donors (Lipinski definition) is 2. The van der Waals surface area contributed by atoms with Gasteiger partial charge in [0.2, 0.25) is 5.82 Å². The Hall–Kier alpha value is -1.45. The molecule has 0 saturated carbocycles. The molecule has 0 atom stereocenters. The van der Waals surface area contributed by atoms with E-state index in [9.17, 15) is 0 Å². The second kappa shape index (κ2) is 3.10. The van der Waals surface area contributed by atoms with E-state index < -0.39 is 7.12 Å². The van der Waals surface area contributed by atoms with Gasteiger partial charge in [-0.3, -0.25) is 0 Å². The van der Waals surface area contributed by atoms with E-state index in [1.807, 2.05) is 0 Å². The zero-order valence-corrected chi connectivity index (χ0v) is 5.47. The number of nitrogens with zero attached hydrogens (tertiary/aromatic N) is 3. The van der Waals surface area contributed by atoms with E-state index in [1.54, 1.807) is 6.07 Å². The minimum Gasteiger partial charge on any atom is -0.422 e. The van der Waals surface area contributed by atoms with Crippen LogP contribution in [0.15, 0.2) is 12.3 Å². The molecule has 0 radical (unpaired) electrons. The van der Waals surface area contributed by atoms with Crippen LogP contribution in [0.2, 0.25) is 0 Å². The topological polar surface area (TPSA) is 90.0 Å². The monoisotopic (exact) mass is 149 g/mol. The molecular weight excluding hydrogens is 145 g/mol. The third-order valence-electron chi connectivity index (χ3n) is 1.04. The normalized spacial score (nSPS) is 8.82. The number of rotatable bonds is 1. The lowest BCUT2D eigenvalue weighted by atomic mass is 9.86. The smallest absolute Gasteiger partial charge is 0.422 e. The molecule has 0 spiro atoms. The van der Waals surface area contributed by atoms with E-state index in [4.69, 9.17) is 15.3 Å². The van der Waals surface area contributed by atoms with Gasteiger partial charge in [-0.15, -0.1) is 0 Å². The van der Waals surface area contributed by atoms with Crippen molar-refractivity contribution in [3.8, 4) is 6.07 Å². The molecule has 1 aromatic heterocycles. The van der Waals surface area contributed by atoms with Crippen LogP contribution in [0.3, 0.4) is 0 Å². The number of hydrogen-bond acceptors (Lipinski definition) is 5. The lowest BCUT2D eigenvalue weighted by molar-refractivity contribution is 0.424. The molecule has 0 saturated heterocycles. The molecule has 0 aliphatic rings. The van der Waals surface area contributed by atoms with Crippen molar-refractivity contribution in [2.75, 3.05) is 0 Å². The van der Waals surface area contributed by atoms with Crippen molar-refractivity contribution in [2.24, 2.45) is 0 Å². The average Bonchev–Trinajstić information content (AvgIpc) is 2.05. The van der Waals surface area contributed by atoms with Gasteiger partial charge in [-0.2, -0.15) is 5.26 Å². The molecule has 1 rings (SSSR count). The first kappa shape index (κ1) is 7.66. The van der Waals surface area contributed by atoms with Crippen LogP contribution in [0.1, 0.15) is 5.82 Å². The van der Waals surface area contributed by atoms with E-state index in [0.717, 1.165) is 0 Å². The lowest BCUT2D eigenvalue weighted by Crippen LogP contribution is -2.33. The Kier molecular flexibility index (Phi) is 2.16. The maximum Gasteiger partial charge on any atom is 0.508 e. The molecule has 0 aromatic carbocycles. The minimum atomic E-state index is -1.65. The molecular formula is C5H4BN3O2. The van der Waals surface area contributed by atoms with E-state index in [1.165, 1.54) is 12.3 Å². The summed E-state index contributed by atoms with van der Waals surface area (Å²) in [6.45, 7) is 0. The highest BCUT2D eigenvalue weighted by Gasteiger charge is 2.12. The molecule has 0 bridgehead atoms. The van der Waals surface area contributed by atoms with Gasteiger partial charge in [-0.25, -0.2) is 9.97 Å². The maximum absolute atomic E-state index is 8.60. The summed E-state index contributed by atoms with van der Waals surface area (Å²) in [6, 6.07) is 3.00. The van der Waals surface area contributed by atoms with Crippen LogP contribution in [-0.4, -0.2) is 27.1 Å². The van der Waals surface area contributed by atoms with E-state index in [0.29, 0.717) is 0 Å². The molecule has 54 valence electrons. The van der Waals surface area contributed by atoms with Crippen molar-refractivity contribution in [1.29, 1.82) is 5.26 Å². The van der Waals surface area contributed by atoms with Crippen molar-refractivity contribution in [3.63, 3.8) is 0 Å². The third kappa shape index (κ3) is 1.74. The Morgan fingerprint density at radius 3 is 2.82 bits per heavy atom. The highest BCUT2D eigenvalue weighted by molar-refractivity contribution is 6.57. The third-order valence-corrected chi connectivity index (χ3v) is 1.04. The van der Waals surface area contributed by atoms with Crippen LogP contribution < -0.4 is 5.59 Å². The quantitative estimate of drug-likeness (QED) is 0.452. The summed E-state index contributed by atoms with van der Waals surface area (Å²) in [4.78, 5) is 7.06. The fourth-order valence-corrected chi connectivity index (χ4v) is 0.570. The second-order valence-electron chi connectivity index (χ2n) is 1.79. The standard InChI is InChI=1S/C5H4BN3O2/c7-3-5-8-2-1-4(9-5)6(10)11/h1-2,10-11H. The van der Waals surface area contributed by atoms with Gasteiger partial charge in [0.05, 0.1) is 5.59 Å². The van der Waals surface area contributed by atoms with Gasteiger partial charge in [-0.05, 0) is 6.07 Å². The summed E-state index contributed by atoms with van der Waals surface area (Å²) < 4.78 is 0. The van der Waals surface area contributed by atoms with E-state index in [2.05, 4.69) is 9.97 Å². The van der Waals surface area contributed by atoms with Gasteiger partial charge in [0.1, 0.15) is 6.07 Å². The van der Waals surface area contributed by atoms with Crippen molar-refractivity contribution in [2.45, 2.75) is 0 Å². The fourth-order valence-electron chi connectivity index (χ4n) is 0.570. The predicted octanol–water partition coefficient (Wildman–Crippen LogP) is -1.97. The van der Waals surface area contributed by atoms with Crippen LogP contribution in [-0.2, 0) is 0 Å². The van der Waals surface area contributed by atoms with Crippen molar-refractivity contribution >= 4 is 12.7 Å². The molecule has 2 N–H and O–H groups in total. The van der Waals surface area contributed by atoms with Gasteiger partial charge < -0.3 is 10.0 Å². The van der Waals surface area contributed by atoms with Crippen molar-refractivity contribution in [1.82, 2.24) is 9.97 Å².